The van der Waals surface area contributed by atoms with E-state index in [4.69, 9.17) is 0 Å². The summed E-state index contributed by atoms with van der Waals surface area (Å²) in [6.07, 6.45) is 1.04. The lowest BCUT2D eigenvalue weighted by molar-refractivity contribution is 1.34. The molecular weight excluding hydrogens is 100 g/mol. The molecule has 1 aliphatic heterocycles. The van der Waals surface area contributed by atoms with Crippen molar-refractivity contribution in [3.8, 4) is 0 Å². The predicted octanol–water partition coefficient (Wildman–Crippen LogP) is 0.966. The SMILES string of the molecule is C=C1C=[Si]C(=C)C1. The average molecular weight is 107 g/mol. The summed E-state index contributed by atoms with van der Waals surface area (Å²) in [5.74, 6) is 0. The van der Waals surface area contributed by atoms with Crippen molar-refractivity contribution in [2.24, 2.45) is 0 Å². The third-order valence-corrected chi connectivity index (χ3v) is 2.06. The van der Waals surface area contributed by atoms with Gasteiger partial charge in [-0.1, -0.05) is 29.6 Å². The summed E-state index contributed by atoms with van der Waals surface area (Å²) < 4.78 is 0. The Morgan fingerprint density at radius 2 is 2.29 bits per heavy atom. The lowest BCUT2D eigenvalue weighted by Crippen LogP contribution is -1.70. The number of allylic oxidation sites excluding steroid dienone is 2. The zero-order valence-electron chi connectivity index (χ0n) is 4.20. The largest absolute Gasteiger partial charge is 0.0998 e. The van der Waals surface area contributed by atoms with Crippen LogP contribution in [0.15, 0.2) is 23.9 Å². The molecule has 0 spiro atoms. The van der Waals surface area contributed by atoms with Gasteiger partial charge in [-0.3, -0.25) is 0 Å². The molecule has 0 fully saturated rings. The van der Waals surface area contributed by atoms with Gasteiger partial charge in [0.05, 0.1) is 9.13 Å². The average Bonchev–Trinajstić information content (AvgIpc) is 1.87. The molecule has 0 aromatic carbocycles. The van der Waals surface area contributed by atoms with Crippen LogP contribution in [0.3, 0.4) is 0 Å². The van der Waals surface area contributed by atoms with E-state index in [-0.39, 0.29) is 0 Å². The Morgan fingerprint density at radius 3 is 2.43 bits per heavy atom. The molecular formula is C6H7Si. The highest BCUT2D eigenvalue weighted by Gasteiger charge is 1.98. The van der Waals surface area contributed by atoms with Crippen molar-refractivity contribution >= 4 is 14.8 Å². The zero-order valence-corrected chi connectivity index (χ0v) is 5.20. The first-order chi connectivity index (χ1) is 3.29. The minimum atomic E-state index is 0.844. The lowest BCUT2D eigenvalue weighted by atomic mass is 10.2. The van der Waals surface area contributed by atoms with Gasteiger partial charge in [0.15, 0.2) is 0 Å². The highest BCUT2D eigenvalue weighted by Crippen LogP contribution is 2.06. The van der Waals surface area contributed by atoms with Gasteiger partial charge in [0, 0.05) is 0 Å². The quantitative estimate of drug-likeness (QED) is 0.405. The fraction of sp³-hybridized carbons (Fsp3) is 0.167. The molecule has 7 heavy (non-hydrogen) atoms. The van der Waals surface area contributed by atoms with Crippen LogP contribution in [0.5, 0.6) is 0 Å². The Labute approximate surface area is 46.0 Å². The monoisotopic (exact) mass is 107 g/mol. The van der Waals surface area contributed by atoms with E-state index in [1.807, 2.05) is 0 Å². The molecule has 1 heteroatoms. The van der Waals surface area contributed by atoms with Crippen LogP contribution >= 0.6 is 0 Å². The molecule has 1 rings (SSSR count). The van der Waals surface area contributed by atoms with Crippen LogP contribution in [-0.2, 0) is 0 Å². The van der Waals surface area contributed by atoms with Gasteiger partial charge in [-0.15, -0.1) is 0 Å². The summed E-state index contributed by atoms with van der Waals surface area (Å²) in [7, 11) is 0.844. The maximum atomic E-state index is 3.82. The molecule has 0 aromatic heterocycles. The Hall–Kier alpha value is -0.433. The van der Waals surface area contributed by atoms with E-state index in [2.05, 4.69) is 18.8 Å². The van der Waals surface area contributed by atoms with Gasteiger partial charge in [0.1, 0.15) is 0 Å². The maximum Gasteiger partial charge on any atom is 0.0542 e. The van der Waals surface area contributed by atoms with Crippen molar-refractivity contribution in [1.82, 2.24) is 0 Å². The van der Waals surface area contributed by atoms with E-state index in [0.29, 0.717) is 0 Å². The normalized spacial score (nSPS) is 18.9. The molecule has 0 N–H and O–H groups in total. The number of hydrogen-bond acceptors (Lipinski definition) is 0. The van der Waals surface area contributed by atoms with Gasteiger partial charge >= 0.3 is 0 Å². The van der Waals surface area contributed by atoms with Crippen molar-refractivity contribution in [1.29, 1.82) is 0 Å². The van der Waals surface area contributed by atoms with Crippen molar-refractivity contribution in [3.05, 3.63) is 23.9 Å². The minimum Gasteiger partial charge on any atom is -0.0998 e. The Balaban J connectivity index is 2.76. The number of hydrogen-bond donors (Lipinski definition) is 0. The molecule has 0 aromatic rings. The minimum absolute atomic E-state index is 0.844. The second kappa shape index (κ2) is 1.58. The summed E-state index contributed by atoms with van der Waals surface area (Å²) in [5, 5.41) is 1.32. The van der Waals surface area contributed by atoms with Crippen molar-refractivity contribution in [3.63, 3.8) is 0 Å². The van der Waals surface area contributed by atoms with Crippen molar-refractivity contribution in [2.75, 3.05) is 0 Å². The molecule has 0 unspecified atom stereocenters. The van der Waals surface area contributed by atoms with Crippen LogP contribution in [0.2, 0.25) is 0 Å². The summed E-state index contributed by atoms with van der Waals surface area (Å²) in [6.45, 7) is 7.62. The van der Waals surface area contributed by atoms with Gasteiger partial charge in [-0.05, 0) is 6.42 Å². The molecule has 0 bridgehead atoms. The van der Waals surface area contributed by atoms with E-state index in [1.54, 1.807) is 0 Å². The van der Waals surface area contributed by atoms with Gasteiger partial charge in [0.25, 0.3) is 0 Å². The highest BCUT2D eigenvalue weighted by atomic mass is 28.2. The van der Waals surface area contributed by atoms with Gasteiger partial charge < -0.3 is 0 Å². The molecule has 0 atom stereocenters. The molecule has 1 heterocycles. The first kappa shape index (κ1) is 4.72. The molecule has 1 radical (unpaired) electrons. The first-order valence-electron chi connectivity index (χ1n) is 2.24. The van der Waals surface area contributed by atoms with Crippen LogP contribution < -0.4 is 0 Å². The van der Waals surface area contributed by atoms with Crippen LogP contribution in [0.4, 0.5) is 0 Å². The third-order valence-electron chi connectivity index (χ3n) is 0.921. The van der Waals surface area contributed by atoms with Gasteiger partial charge in [0.2, 0.25) is 0 Å². The predicted molar refractivity (Wildman–Crippen MR) is 34.7 cm³/mol. The van der Waals surface area contributed by atoms with Crippen LogP contribution in [0.1, 0.15) is 6.42 Å². The van der Waals surface area contributed by atoms with E-state index in [9.17, 15) is 0 Å². The summed E-state index contributed by atoms with van der Waals surface area (Å²) >= 11 is 0. The zero-order chi connectivity index (χ0) is 5.28. The fourth-order valence-corrected chi connectivity index (χ4v) is 1.42. The molecule has 35 valence electrons. The smallest absolute Gasteiger partial charge is 0.0542 e. The standard InChI is InChI=1S/C6H7Si/c1-5-3-6(2)7-4-5/h4H,1-3H2. The maximum absolute atomic E-state index is 3.82. The molecule has 0 nitrogen and oxygen atoms in total. The first-order valence-corrected chi connectivity index (χ1v) is 3.32. The van der Waals surface area contributed by atoms with E-state index < -0.39 is 0 Å². The van der Waals surface area contributed by atoms with Crippen LogP contribution in [0, 0.1) is 0 Å². The van der Waals surface area contributed by atoms with Crippen molar-refractivity contribution in [2.45, 2.75) is 6.42 Å². The van der Waals surface area contributed by atoms with Gasteiger partial charge in [-0.25, -0.2) is 0 Å². The second-order valence-corrected chi connectivity index (χ2v) is 3.01. The molecule has 1 aliphatic rings. The molecule has 0 saturated carbocycles. The highest BCUT2D eigenvalue weighted by molar-refractivity contribution is 6.59. The van der Waals surface area contributed by atoms with Crippen LogP contribution in [-0.4, -0.2) is 14.8 Å². The van der Waals surface area contributed by atoms with Gasteiger partial charge in [-0.2, -0.15) is 0 Å². The molecule has 0 amide bonds. The Morgan fingerprint density at radius 1 is 1.57 bits per heavy atom. The van der Waals surface area contributed by atoms with E-state index in [1.165, 1.54) is 10.8 Å². The summed E-state index contributed by atoms with van der Waals surface area (Å²) in [4.78, 5) is 0. The van der Waals surface area contributed by atoms with E-state index in [0.717, 1.165) is 15.6 Å². The topological polar surface area (TPSA) is 0 Å². The Kier molecular flexibility index (Phi) is 1.07. The van der Waals surface area contributed by atoms with Crippen LogP contribution in [0.25, 0.3) is 0 Å². The second-order valence-electron chi connectivity index (χ2n) is 1.73. The lowest BCUT2D eigenvalue weighted by Gasteiger charge is -1.84. The Bertz CT molecular complexity index is 126. The summed E-state index contributed by atoms with van der Waals surface area (Å²) in [5.41, 5.74) is 3.39. The number of rotatable bonds is 0. The summed E-state index contributed by atoms with van der Waals surface area (Å²) in [6, 6.07) is 0. The fourth-order valence-electron chi connectivity index (χ4n) is 0.580. The molecule has 0 aliphatic carbocycles. The van der Waals surface area contributed by atoms with E-state index >= 15 is 0 Å². The third kappa shape index (κ3) is 0.965. The molecule has 0 saturated heterocycles. The van der Waals surface area contributed by atoms with Crippen molar-refractivity contribution < 1.29 is 0 Å².